The first-order chi connectivity index (χ1) is 9.28. The predicted molar refractivity (Wildman–Crippen MR) is 80.5 cm³/mol. The van der Waals surface area contributed by atoms with Gasteiger partial charge >= 0.3 is 0 Å². The number of hydrazine groups is 1. The van der Waals surface area contributed by atoms with Crippen LogP contribution in [-0.4, -0.2) is 27.5 Å². The van der Waals surface area contributed by atoms with E-state index in [0.717, 1.165) is 23.0 Å². The quantitative estimate of drug-likeness (QED) is 0.580. The zero-order valence-corrected chi connectivity index (χ0v) is 12.1. The van der Waals surface area contributed by atoms with E-state index in [-0.39, 0.29) is 0 Å². The zero-order chi connectivity index (χ0) is 13.2. The summed E-state index contributed by atoms with van der Waals surface area (Å²) in [6.07, 6.45) is 4.82. The molecule has 1 aromatic rings. The maximum atomic E-state index is 5.57. The number of nitrogens with one attached hydrogen (secondary N) is 2. The van der Waals surface area contributed by atoms with E-state index in [2.05, 4.69) is 15.7 Å². The van der Waals surface area contributed by atoms with Crippen molar-refractivity contribution in [2.24, 2.45) is 5.84 Å². The summed E-state index contributed by atoms with van der Waals surface area (Å²) in [7, 11) is 0. The summed E-state index contributed by atoms with van der Waals surface area (Å²) in [5.41, 5.74) is 3.72. The molecule has 1 aromatic heterocycles. The maximum absolute atomic E-state index is 5.57. The van der Waals surface area contributed by atoms with Crippen molar-refractivity contribution in [1.82, 2.24) is 9.97 Å². The van der Waals surface area contributed by atoms with Crippen molar-refractivity contribution in [2.45, 2.75) is 44.6 Å². The highest BCUT2D eigenvalue weighted by atomic mass is 32.2. The molecule has 0 atom stereocenters. The molecule has 0 amide bonds. The summed E-state index contributed by atoms with van der Waals surface area (Å²) in [5, 5.41) is 3.59. The molecule has 2 fully saturated rings. The Kier molecular flexibility index (Phi) is 3.79. The molecule has 1 aliphatic heterocycles. The third kappa shape index (κ3) is 2.95. The van der Waals surface area contributed by atoms with Gasteiger partial charge in [0.15, 0.2) is 0 Å². The van der Waals surface area contributed by atoms with Crippen LogP contribution in [-0.2, 0) is 0 Å². The largest absolute Gasteiger partial charge is 0.367 e. The third-order valence-corrected chi connectivity index (χ3v) is 4.85. The minimum atomic E-state index is 0.535. The Morgan fingerprint density at radius 3 is 2.42 bits per heavy atom. The number of nitrogens with two attached hydrogens (primary N) is 1. The zero-order valence-electron chi connectivity index (χ0n) is 11.3. The number of thioether (sulfide) groups is 1. The van der Waals surface area contributed by atoms with E-state index in [1.165, 1.54) is 37.2 Å². The summed E-state index contributed by atoms with van der Waals surface area (Å²) in [6.45, 7) is 2.02. The average Bonchev–Trinajstić information content (AvgIpc) is 3.27. The van der Waals surface area contributed by atoms with Crippen molar-refractivity contribution in [1.29, 1.82) is 0 Å². The normalized spacial score (nSPS) is 20.3. The van der Waals surface area contributed by atoms with Crippen LogP contribution in [0, 0.1) is 6.92 Å². The fourth-order valence-electron chi connectivity index (χ4n) is 2.37. The SMILES string of the molecule is Cc1c(NN)nc(C2CC2)nc1NC1CCSCC1. The van der Waals surface area contributed by atoms with E-state index >= 15 is 0 Å². The van der Waals surface area contributed by atoms with Crippen molar-refractivity contribution in [3.8, 4) is 0 Å². The maximum Gasteiger partial charge on any atom is 0.148 e. The van der Waals surface area contributed by atoms with Crippen LogP contribution in [0.15, 0.2) is 0 Å². The first-order valence-electron chi connectivity index (χ1n) is 6.97. The van der Waals surface area contributed by atoms with Gasteiger partial charge in [0, 0.05) is 17.5 Å². The lowest BCUT2D eigenvalue weighted by molar-refractivity contribution is 0.661. The molecular formula is C13H21N5S. The molecule has 5 nitrogen and oxygen atoms in total. The third-order valence-electron chi connectivity index (χ3n) is 3.80. The monoisotopic (exact) mass is 279 g/mol. The lowest BCUT2D eigenvalue weighted by atomic mass is 10.1. The van der Waals surface area contributed by atoms with Gasteiger partial charge in [-0.25, -0.2) is 15.8 Å². The van der Waals surface area contributed by atoms with Gasteiger partial charge in [-0.1, -0.05) is 0 Å². The highest BCUT2D eigenvalue weighted by molar-refractivity contribution is 7.99. The summed E-state index contributed by atoms with van der Waals surface area (Å²) >= 11 is 2.03. The Bertz CT molecular complexity index is 455. The molecule has 104 valence electrons. The van der Waals surface area contributed by atoms with E-state index in [9.17, 15) is 0 Å². The lowest BCUT2D eigenvalue weighted by Crippen LogP contribution is -2.26. The second kappa shape index (κ2) is 5.54. The van der Waals surface area contributed by atoms with Gasteiger partial charge in [0.25, 0.3) is 0 Å². The van der Waals surface area contributed by atoms with Gasteiger partial charge < -0.3 is 10.7 Å². The summed E-state index contributed by atoms with van der Waals surface area (Å²) < 4.78 is 0. The van der Waals surface area contributed by atoms with Crippen LogP contribution < -0.4 is 16.6 Å². The van der Waals surface area contributed by atoms with E-state index in [0.29, 0.717) is 12.0 Å². The number of nitrogen functional groups attached to an aromatic ring is 1. The van der Waals surface area contributed by atoms with E-state index in [4.69, 9.17) is 10.8 Å². The minimum Gasteiger partial charge on any atom is -0.367 e. The van der Waals surface area contributed by atoms with Crippen LogP contribution in [0.25, 0.3) is 0 Å². The highest BCUT2D eigenvalue weighted by Crippen LogP contribution is 2.39. The van der Waals surface area contributed by atoms with Gasteiger partial charge in [0.1, 0.15) is 17.5 Å². The molecule has 0 unspecified atom stereocenters. The van der Waals surface area contributed by atoms with E-state index in [1.54, 1.807) is 0 Å². The van der Waals surface area contributed by atoms with Gasteiger partial charge in [-0.05, 0) is 44.1 Å². The molecule has 3 rings (SSSR count). The molecular weight excluding hydrogens is 258 g/mol. The molecule has 2 aliphatic rings. The standard InChI is InChI=1S/C13H21N5S/c1-8-11(15-10-4-6-19-7-5-10)16-13(9-2-3-9)17-12(8)18-14/h9-10H,2-7,14H2,1H3,(H2,15,16,17,18). The summed E-state index contributed by atoms with van der Waals surface area (Å²) in [4.78, 5) is 9.23. The Balaban J connectivity index is 1.83. The number of aromatic nitrogens is 2. The van der Waals surface area contributed by atoms with Crippen molar-refractivity contribution >= 4 is 23.4 Å². The van der Waals surface area contributed by atoms with Crippen molar-refractivity contribution < 1.29 is 0 Å². The van der Waals surface area contributed by atoms with Crippen LogP contribution in [0.3, 0.4) is 0 Å². The van der Waals surface area contributed by atoms with Crippen molar-refractivity contribution in [3.63, 3.8) is 0 Å². The van der Waals surface area contributed by atoms with E-state index in [1.807, 2.05) is 18.7 Å². The molecule has 0 spiro atoms. The molecule has 19 heavy (non-hydrogen) atoms. The van der Waals surface area contributed by atoms with Gasteiger partial charge in [0.05, 0.1) is 0 Å². The molecule has 1 saturated carbocycles. The second-order valence-corrected chi connectivity index (χ2v) is 6.58. The first-order valence-corrected chi connectivity index (χ1v) is 8.13. The fraction of sp³-hybridized carbons (Fsp3) is 0.692. The van der Waals surface area contributed by atoms with Gasteiger partial charge in [-0.15, -0.1) is 0 Å². The molecule has 1 aliphatic carbocycles. The molecule has 1 saturated heterocycles. The number of anilines is 2. The first kappa shape index (κ1) is 13.0. The Hall–Kier alpha value is -1.01. The van der Waals surface area contributed by atoms with Gasteiger partial charge in [0.2, 0.25) is 0 Å². The Labute approximate surface area is 118 Å². The fourth-order valence-corrected chi connectivity index (χ4v) is 3.48. The highest BCUT2D eigenvalue weighted by Gasteiger charge is 2.28. The number of hydrogen-bond acceptors (Lipinski definition) is 6. The van der Waals surface area contributed by atoms with Crippen LogP contribution >= 0.6 is 11.8 Å². The summed E-state index contributed by atoms with van der Waals surface area (Å²) in [6, 6.07) is 0.535. The van der Waals surface area contributed by atoms with Crippen LogP contribution in [0.5, 0.6) is 0 Å². The summed E-state index contributed by atoms with van der Waals surface area (Å²) in [5.74, 6) is 11.2. The molecule has 0 aromatic carbocycles. The molecule has 2 heterocycles. The van der Waals surface area contributed by atoms with Crippen LogP contribution in [0.1, 0.15) is 43.0 Å². The van der Waals surface area contributed by atoms with Crippen molar-refractivity contribution in [2.75, 3.05) is 22.2 Å². The average molecular weight is 279 g/mol. The second-order valence-electron chi connectivity index (χ2n) is 5.35. The molecule has 0 radical (unpaired) electrons. The number of hydrogen-bond donors (Lipinski definition) is 3. The Morgan fingerprint density at radius 1 is 1.11 bits per heavy atom. The Morgan fingerprint density at radius 2 is 1.79 bits per heavy atom. The molecule has 4 N–H and O–H groups in total. The lowest BCUT2D eigenvalue weighted by Gasteiger charge is -2.24. The number of rotatable bonds is 4. The van der Waals surface area contributed by atoms with Gasteiger partial charge in [-0.3, -0.25) is 0 Å². The van der Waals surface area contributed by atoms with Crippen LogP contribution in [0.2, 0.25) is 0 Å². The smallest absolute Gasteiger partial charge is 0.148 e. The minimum absolute atomic E-state index is 0.535. The van der Waals surface area contributed by atoms with Crippen LogP contribution in [0.4, 0.5) is 11.6 Å². The number of nitrogens with zero attached hydrogens (tertiary/aromatic N) is 2. The predicted octanol–water partition coefficient (Wildman–Crippen LogP) is 2.26. The van der Waals surface area contributed by atoms with Gasteiger partial charge in [-0.2, -0.15) is 11.8 Å². The molecule has 6 heteroatoms. The van der Waals surface area contributed by atoms with Crippen molar-refractivity contribution in [3.05, 3.63) is 11.4 Å². The topological polar surface area (TPSA) is 75.9 Å². The molecule has 0 bridgehead atoms. The van der Waals surface area contributed by atoms with E-state index < -0.39 is 0 Å².